The van der Waals surface area contributed by atoms with Gasteiger partial charge in [0.25, 0.3) is 0 Å². The van der Waals surface area contributed by atoms with E-state index >= 15 is 0 Å². The fraction of sp³-hybridized carbons (Fsp3) is 0.333. The minimum absolute atomic E-state index is 0.0596. The second-order valence-electron chi connectivity index (χ2n) is 2.57. The minimum Gasteiger partial charge on any atom is -0.507 e. The van der Waals surface area contributed by atoms with Crippen LogP contribution in [0.5, 0.6) is 11.5 Å². The summed E-state index contributed by atoms with van der Waals surface area (Å²) in [6.45, 7) is 1.58. The average molecular weight is 168 g/mol. The van der Waals surface area contributed by atoms with Crippen molar-refractivity contribution in [3.63, 3.8) is 0 Å². The van der Waals surface area contributed by atoms with Crippen LogP contribution in [0.15, 0.2) is 18.2 Å². The van der Waals surface area contributed by atoms with Crippen molar-refractivity contribution in [2.45, 2.75) is 13.0 Å². The molecule has 3 nitrogen and oxygen atoms in total. The van der Waals surface area contributed by atoms with Crippen molar-refractivity contribution < 1.29 is 14.9 Å². The third-order valence-electron chi connectivity index (χ3n) is 1.68. The van der Waals surface area contributed by atoms with E-state index in [9.17, 15) is 10.2 Å². The Morgan fingerprint density at radius 1 is 1.42 bits per heavy atom. The highest BCUT2D eigenvalue weighted by molar-refractivity contribution is 5.45. The number of aromatic hydroxyl groups is 1. The van der Waals surface area contributed by atoms with E-state index in [4.69, 9.17) is 4.74 Å². The number of benzene rings is 1. The summed E-state index contributed by atoms with van der Waals surface area (Å²) in [7, 11) is 1.50. The molecule has 2 N–H and O–H groups in total. The molecule has 1 aromatic carbocycles. The fourth-order valence-electron chi connectivity index (χ4n) is 1.13. The lowest BCUT2D eigenvalue weighted by atomic mass is 10.1. The molecular weight excluding hydrogens is 156 g/mol. The number of hydrogen-bond donors (Lipinski definition) is 2. The van der Waals surface area contributed by atoms with Crippen LogP contribution in [-0.2, 0) is 0 Å². The third kappa shape index (κ3) is 1.51. The third-order valence-corrected chi connectivity index (χ3v) is 1.68. The highest BCUT2D eigenvalue weighted by atomic mass is 16.5. The van der Waals surface area contributed by atoms with Crippen molar-refractivity contribution in [2.75, 3.05) is 7.11 Å². The quantitative estimate of drug-likeness (QED) is 0.702. The summed E-state index contributed by atoms with van der Waals surface area (Å²) in [5.41, 5.74) is 0.431. The van der Waals surface area contributed by atoms with Gasteiger partial charge in [-0.25, -0.2) is 0 Å². The van der Waals surface area contributed by atoms with Crippen molar-refractivity contribution >= 4 is 0 Å². The number of rotatable bonds is 2. The van der Waals surface area contributed by atoms with Crippen LogP contribution < -0.4 is 4.74 Å². The lowest BCUT2D eigenvalue weighted by Crippen LogP contribution is -1.96. The van der Waals surface area contributed by atoms with Crippen LogP contribution >= 0.6 is 0 Å². The molecule has 0 radical (unpaired) electrons. The molecule has 0 saturated carbocycles. The molecule has 1 rings (SSSR count). The first-order chi connectivity index (χ1) is 5.66. The van der Waals surface area contributed by atoms with Crippen LogP contribution in [0.1, 0.15) is 18.6 Å². The predicted molar refractivity (Wildman–Crippen MR) is 45.3 cm³/mol. The molecule has 1 aromatic rings. The van der Waals surface area contributed by atoms with E-state index in [2.05, 4.69) is 0 Å². The van der Waals surface area contributed by atoms with Gasteiger partial charge >= 0.3 is 0 Å². The molecule has 66 valence electrons. The van der Waals surface area contributed by atoms with Gasteiger partial charge in [0.05, 0.1) is 18.8 Å². The molecule has 0 aromatic heterocycles. The number of aliphatic hydroxyl groups excluding tert-OH is 1. The molecule has 0 aliphatic rings. The Labute approximate surface area is 71.2 Å². The molecule has 0 heterocycles. The average Bonchev–Trinajstić information content (AvgIpc) is 2.03. The lowest BCUT2D eigenvalue weighted by Gasteiger charge is -2.11. The van der Waals surface area contributed by atoms with Gasteiger partial charge in [0.1, 0.15) is 11.5 Å². The van der Waals surface area contributed by atoms with Crippen molar-refractivity contribution in [2.24, 2.45) is 0 Å². The first kappa shape index (κ1) is 8.87. The summed E-state index contributed by atoms with van der Waals surface area (Å²) in [6.07, 6.45) is -0.721. The SMILES string of the molecule is COc1cccc(O)c1[C@@H](C)O. The molecule has 12 heavy (non-hydrogen) atoms. The molecule has 0 fully saturated rings. The molecule has 1 atom stereocenters. The van der Waals surface area contributed by atoms with Crippen molar-refractivity contribution in [3.8, 4) is 11.5 Å². The topological polar surface area (TPSA) is 49.7 Å². The van der Waals surface area contributed by atoms with Crippen LogP contribution in [0.25, 0.3) is 0 Å². The summed E-state index contributed by atoms with van der Waals surface area (Å²) in [6, 6.07) is 4.88. The van der Waals surface area contributed by atoms with Crippen molar-refractivity contribution in [1.29, 1.82) is 0 Å². The number of phenolic OH excluding ortho intramolecular Hbond substituents is 1. The summed E-state index contributed by atoms with van der Waals surface area (Å²) in [5, 5.41) is 18.6. The number of ether oxygens (including phenoxy) is 1. The molecular formula is C9H12O3. The second-order valence-corrected chi connectivity index (χ2v) is 2.57. The van der Waals surface area contributed by atoms with Crippen LogP contribution in [0, 0.1) is 0 Å². The Balaban J connectivity index is 3.20. The molecule has 0 bridgehead atoms. The van der Waals surface area contributed by atoms with Crippen LogP contribution in [0.3, 0.4) is 0 Å². The maximum absolute atomic E-state index is 9.35. The normalized spacial score (nSPS) is 12.6. The molecule has 0 aliphatic heterocycles. The van der Waals surface area contributed by atoms with Crippen LogP contribution in [0.2, 0.25) is 0 Å². The zero-order chi connectivity index (χ0) is 9.14. The highest BCUT2D eigenvalue weighted by Gasteiger charge is 2.12. The maximum Gasteiger partial charge on any atom is 0.128 e. The van der Waals surface area contributed by atoms with Gasteiger partial charge in [0.15, 0.2) is 0 Å². The highest BCUT2D eigenvalue weighted by Crippen LogP contribution is 2.32. The van der Waals surface area contributed by atoms with E-state index in [-0.39, 0.29) is 5.75 Å². The van der Waals surface area contributed by atoms with E-state index in [1.165, 1.54) is 13.2 Å². The maximum atomic E-state index is 9.35. The first-order valence-corrected chi connectivity index (χ1v) is 3.70. The van der Waals surface area contributed by atoms with Gasteiger partial charge in [0.2, 0.25) is 0 Å². The van der Waals surface area contributed by atoms with E-state index in [1.807, 2.05) is 0 Å². The van der Waals surface area contributed by atoms with Gasteiger partial charge in [-0.3, -0.25) is 0 Å². The minimum atomic E-state index is -0.721. The zero-order valence-electron chi connectivity index (χ0n) is 7.11. The summed E-state index contributed by atoms with van der Waals surface area (Å²) < 4.78 is 4.97. The second kappa shape index (κ2) is 3.45. The Morgan fingerprint density at radius 2 is 2.08 bits per heavy atom. The van der Waals surface area contributed by atoms with Gasteiger partial charge in [0, 0.05) is 0 Å². The smallest absolute Gasteiger partial charge is 0.128 e. The molecule has 0 unspecified atom stereocenters. The first-order valence-electron chi connectivity index (χ1n) is 3.70. The van der Waals surface area contributed by atoms with Crippen LogP contribution in [-0.4, -0.2) is 17.3 Å². The Bertz CT molecular complexity index is 268. The Hall–Kier alpha value is -1.22. The van der Waals surface area contributed by atoms with Crippen molar-refractivity contribution in [1.82, 2.24) is 0 Å². The monoisotopic (exact) mass is 168 g/mol. The van der Waals surface area contributed by atoms with Crippen molar-refractivity contribution in [3.05, 3.63) is 23.8 Å². The van der Waals surface area contributed by atoms with Gasteiger partial charge in [-0.15, -0.1) is 0 Å². The molecule has 0 spiro atoms. The van der Waals surface area contributed by atoms with Gasteiger partial charge < -0.3 is 14.9 Å². The van der Waals surface area contributed by atoms with E-state index in [0.717, 1.165) is 0 Å². The Morgan fingerprint density at radius 3 is 2.50 bits per heavy atom. The van der Waals surface area contributed by atoms with E-state index in [0.29, 0.717) is 11.3 Å². The summed E-state index contributed by atoms with van der Waals surface area (Å²) in [4.78, 5) is 0. The molecule has 0 saturated heterocycles. The summed E-state index contributed by atoms with van der Waals surface area (Å²) >= 11 is 0. The van der Waals surface area contributed by atoms with Crippen LogP contribution in [0.4, 0.5) is 0 Å². The largest absolute Gasteiger partial charge is 0.507 e. The number of hydrogen-bond acceptors (Lipinski definition) is 3. The van der Waals surface area contributed by atoms with Gasteiger partial charge in [-0.05, 0) is 19.1 Å². The zero-order valence-corrected chi connectivity index (χ0v) is 7.11. The number of phenols is 1. The van der Waals surface area contributed by atoms with Gasteiger partial charge in [-0.1, -0.05) is 6.07 Å². The number of aliphatic hydroxyl groups is 1. The fourth-order valence-corrected chi connectivity index (χ4v) is 1.13. The Kier molecular flexibility index (Phi) is 2.55. The van der Waals surface area contributed by atoms with Gasteiger partial charge in [-0.2, -0.15) is 0 Å². The standard InChI is InChI=1S/C9H12O3/c1-6(10)9-7(11)4-3-5-8(9)12-2/h3-6,10-11H,1-2H3/t6-/m1/s1. The molecule has 3 heteroatoms. The predicted octanol–water partition coefficient (Wildman–Crippen LogP) is 1.45. The summed E-state index contributed by atoms with van der Waals surface area (Å²) in [5.74, 6) is 0.564. The lowest BCUT2D eigenvalue weighted by molar-refractivity contribution is 0.189. The molecule has 0 amide bonds. The number of methoxy groups -OCH3 is 1. The van der Waals surface area contributed by atoms with E-state index < -0.39 is 6.10 Å². The molecule has 0 aliphatic carbocycles. The van der Waals surface area contributed by atoms with E-state index in [1.54, 1.807) is 19.1 Å².